The van der Waals surface area contributed by atoms with Crippen LogP contribution in [0.4, 0.5) is 0 Å². The van der Waals surface area contributed by atoms with Crippen molar-refractivity contribution in [2.24, 2.45) is 0 Å². The molecule has 0 spiro atoms. The molecule has 6 aromatic rings. The summed E-state index contributed by atoms with van der Waals surface area (Å²) in [6.45, 7) is 18.6. The van der Waals surface area contributed by atoms with E-state index in [0.29, 0.717) is 0 Å². The minimum Gasteiger partial charge on any atom is -0.872 e. The Morgan fingerprint density at radius 3 is 0.389 bits per heavy atom. The molecule has 2 fully saturated rings. The zero-order valence-electron chi connectivity index (χ0n) is 45.8. The first-order chi connectivity index (χ1) is 32.0. The summed E-state index contributed by atoms with van der Waals surface area (Å²) in [5.41, 5.74) is 7.30. The van der Waals surface area contributed by atoms with E-state index < -0.39 is 0 Å². The number of ether oxygens (including phenoxy) is 4. The topological polar surface area (TPSA) is 175 Å². The molecular formula is C56H70K6O10. The molecule has 0 aromatic heterocycles. The first-order valence-electron chi connectivity index (χ1n) is 22.8. The molecular weight excluding hydrogens is 1070 g/mol. The van der Waals surface area contributed by atoms with Gasteiger partial charge in [0, 0.05) is 0 Å². The summed E-state index contributed by atoms with van der Waals surface area (Å²) in [5.74, 6) is 0.540. The number of rotatable bonds is 6. The molecule has 0 amide bonds. The van der Waals surface area contributed by atoms with E-state index in [9.17, 15) is 30.6 Å². The van der Waals surface area contributed by atoms with E-state index in [1.165, 1.54) is 33.4 Å². The third-order valence-electron chi connectivity index (χ3n) is 9.48. The Labute approximate surface area is 688 Å². The van der Waals surface area contributed by atoms with Gasteiger partial charge in [-0.15, -0.1) is 34.5 Å². The largest absolute Gasteiger partial charge is 1.00 e. The second-order valence-corrected chi connectivity index (χ2v) is 14.4. The van der Waals surface area contributed by atoms with Gasteiger partial charge in [-0.05, 0) is 71.9 Å². The van der Waals surface area contributed by atoms with Gasteiger partial charge in [0.05, 0.1) is 52.9 Å². The van der Waals surface area contributed by atoms with Gasteiger partial charge >= 0.3 is 308 Å². The smallest absolute Gasteiger partial charge is 0.872 e. The fourth-order valence-corrected chi connectivity index (χ4v) is 5.23. The van der Waals surface area contributed by atoms with Crippen LogP contribution in [0.3, 0.4) is 0 Å². The van der Waals surface area contributed by atoms with Crippen LogP contribution in [0.5, 0.6) is 34.5 Å². The van der Waals surface area contributed by atoms with Crippen molar-refractivity contribution in [3.05, 3.63) is 179 Å². The fraction of sp³-hybridized carbons (Fsp3) is 0.357. The predicted octanol–water partition coefficient (Wildman–Crippen LogP) is -9.97. The Bertz CT molecular complexity index is 1620. The van der Waals surface area contributed by atoms with Gasteiger partial charge < -0.3 is 49.6 Å². The molecule has 16 heteroatoms. The number of hydrogen-bond donors (Lipinski definition) is 0. The van der Waals surface area contributed by atoms with Gasteiger partial charge in [0.25, 0.3) is 0 Å². The summed E-state index contributed by atoms with van der Waals surface area (Å²) in [6, 6.07) is 41.5. The summed E-state index contributed by atoms with van der Waals surface area (Å²) < 4.78 is 19.8. The normalized spacial score (nSPS) is 11.1. The minimum absolute atomic E-state index is 0. The zero-order valence-corrected chi connectivity index (χ0v) is 64.6. The number of aryl methyl sites for hydroxylation is 6. The maximum Gasteiger partial charge on any atom is 1.00 e. The summed E-state index contributed by atoms with van der Waals surface area (Å²) in [6.07, 6.45) is 6.00. The van der Waals surface area contributed by atoms with E-state index in [1.54, 1.807) is 72.8 Å². The first-order valence-corrected chi connectivity index (χ1v) is 22.8. The summed E-state index contributed by atoms with van der Waals surface area (Å²) >= 11 is 0. The molecule has 2 aliphatic rings. The van der Waals surface area contributed by atoms with Crippen LogP contribution in [-0.4, -0.2) is 52.9 Å². The molecule has 0 atom stereocenters. The Balaban J connectivity index is -0.000000171. The van der Waals surface area contributed by atoms with Crippen molar-refractivity contribution >= 4 is 0 Å². The van der Waals surface area contributed by atoms with Gasteiger partial charge in [-0.1, -0.05) is 187 Å². The molecule has 6 aromatic carbocycles. The van der Waals surface area contributed by atoms with Crippen molar-refractivity contribution in [1.29, 1.82) is 0 Å². The first kappa shape index (κ1) is 87.0. The summed E-state index contributed by atoms with van der Waals surface area (Å²) in [7, 11) is 0. The minimum atomic E-state index is 0. The molecule has 2 saturated heterocycles. The van der Waals surface area contributed by atoms with Crippen LogP contribution in [0.15, 0.2) is 146 Å². The molecule has 72 heavy (non-hydrogen) atoms. The van der Waals surface area contributed by atoms with Crippen molar-refractivity contribution < 1.29 is 358 Å². The van der Waals surface area contributed by atoms with Crippen LogP contribution in [-0.2, 0) is 57.5 Å². The number of hydrogen-bond acceptors (Lipinski definition) is 10. The molecule has 8 rings (SSSR count). The van der Waals surface area contributed by atoms with E-state index in [1.807, 2.05) is 72.8 Å². The predicted molar refractivity (Wildman–Crippen MR) is 255 cm³/mol. The third-order valence-corrected chi connectivity index (χ3v) is 9.48. The van der Waals surface area contributed by atoms with Crippen molar-refractivity contribution in [2.45, 2.75) is 80.1 Å². The average molecular weight is 1140 g/mol. The van der Waals surface area contributed by atoms with Crippen molar-refractivity contribution in [1.82, 2.24) is 0 Å². The molecule has 0 radical (unpaired) electrons. The van der Waals surface area contributed by atoms with E-state index >= 15 is 0 Å². The molecule has 0 N–H and O–H groups in total. The van der Waals surface area contributed by atoms with Crippen LogP contribution >= 0.6 is 0 Å². The molecule has 360 valence electrons. The van der Waals surface area contributed by atoms with Gasteiger partial charge in [-0.25, -0.2) is 0 Å². The maximum atomic E-state index is 10.5. The van der Waals surface area contributed by atoms with Crippen molar-refractivity contribution in [2.75, 3.05) is 52.9 Å². The molecule has 0 saturated carbocycles. The molecule has 2 aliphatic heterocycles. The van der Waals surface area contributed by atoms with Gasteiger partial charge in [0.15, 0.2) is 0 Å². The second-order valence-electron chi connectivity index (χ2n) is 14.4. The second kappa shape index (κ2) is 60.9. The molecule has 10 nitrogen and oxygen atoms in total. The summed E-state index contributed by atoms with van der Waals surface area (Å²) in [5, 5.41) is 63.2. The van der Waals surface area contributed by atoms with Crippen molar-refractivity contribution in [3.63, 3.8) is 0 Å². The maximum absolute atomic E-state index is 10.5. The Hall–Kier alpha value is 3.78. The van der Waals surface area contributed by atoms with Crippen molar-refractivity contribution in [3.8, 4) is 34.5 Å². The molecule has 2 heterocycles. The van der Waals surface area contributed by atoms with E-state index in [4.69, 9.17) is 18.9 Å². The Morgan fingerprint density at radius 1 is 0.222 bits per heavy atom. The summed E-state index contributed by atoms with van der Waals surface area (Å²) in [4.78, 5) is 0. The van der Waals surface area contributed by atoms with E-state index in [-0.39, 0.29) is 343 Å². The third kappa shape index (κ3) is 50.7. The van der Waals surface area contributed by atoms with Gasteiger partial charge in [0.2, 0.25) is 0 Å². The standard InChI is InChI=1S/6C8H10O.2C4H8O2.6K/c6*1-2-7-3-5-8(9)6-4-7;2*1-2-6-4-3-5-1;;;;;;/h6*3-6,9H,2H2,1H3;2*1-4H2;;;;;;/q;;;;;;;;6*+1/p-6. The average Bonchev–Trinajstić information content (AvgIpc) is 3.38. The van der Waals surface area contributed by atoms with Crippen LogP contribution in [0.25, 0.3) is 0 Å². The van der Waals surface area contributed by atoms with Gasteiger partial charge in [0.1, 0.15) is 0 Å². The SMILES string of the molecule is C1COCCO1.C1COCCO1.CCc1ccc([O-])cc1.CCc1ccc([O-])cc1.CCc1ccc([O-])cc1.CCc1ccc([O-])cc1.CCc1ccc([O-])cc1.CCc1ccc([O-])cc1.[K+].[K+].[K+].[K+].[K+].[K+]. The molecule has 0 unspecified atom stereocenters. The van der Waals surface area contributed by atoms with Gasteiger partial charge in [-0.3, -0.25) is 0 Å². The fourth-order valence-electron chi connectivity index (χ4n) is 5.23. The Morgan fingerprint density at radius 2 is 0.319 bits per heavy atom. The van der Waals surface area contributed by atoms with E-state index in [2.05, 4.69) is 41.5 Å². The molecule has 0 aliphatic carbocycles. The van der Waals surface area contributed by atoms with Crippen LogP contribution in [0.2, 0.25) is 0 Å². The van der Waals surface area contributed by atoms with Crippen LogP contribution < -0.4 is 339 Å². The number of benzene rings is 6. The Kier molecular flexibility index (Phi) is 73.6. The van der Waals surface area contributed by atoms with Crippen LogP contribution in [0.1, 0.15) is 74.9 Å². The quantitative estimate of drug-likeness (QED) is 0.146. The van der Waals surface area contributed by atoms with E-state index in [0.717, 1.165) is 91.4 Å². The zero-order chi connectivity index (χ0) is 48.6. The van der Waals surface area contributed by atoms with Crippen LogP contribution in [0, 0.1) is 0 Å². The van der Waals surface area contributed by atoms with Gasteiger partial charge in [-0.2, -0.15) is 0 Å². The monoisotopic (exact) mass is 1140 g/mol. The molecule has 0 bridgehead atoms.